The second-order valence-corrected chi connectivity index (χ2v) is 6.33. The van der Waals surface area contributed by atoms with Crippen LogP contribution in [0.3, 0.4) is 0 Å². The van der Waals surface area contributed by atoms with Crippen LogP contribution < -0.4 is 0 Å². The Labute approximate surface area is 137 Å². The third kappa shape index (κ3) is 3.32. The minimum absolute atomic E-state index is 0.110. The molecule has 3 rings (SSSR count). The summed E-state index contributed by atoms with van der Waals surface area (Å²) in [5.41, 5.74) is 3.35. The lowest BCUT2D eigenvalue weighted by molar-refractivity contribution is -0.134. The fourth-order valence-corrected chi connectivity index (χ4v) is 3.63. The molecule has 0 fully saturated rings. The maximum absolute atomic E-state index is 12.8. The van der Waals surface area contributed by atoms with Crippen LogP contribution in [0.25, 0.3) is 0 Å². The molecule has 0 saturated carbocycles. The Kier molecular flexibility index (Phi) is 5.10. The molecule has 0 saturated heterocycles. The van der Waals surface area contributed by atoms with Gasteiger partial charge in [0.2, 0.25) is 5.91 Å². The van der Waals surface area contributed by atoms with E-state index >= 15 is 0 Å². The van der Waals surface area contributed by atoms with Crippen molar-refractivity contribution in [1.29, 1.82) is 0 Å². The molecule has 1 aliphatic heterocycles. The van der Waals surface area contributed by atoms with Gasteiger partial charge in [0.25, 0.3) is 0 Å². The summed E-state index contributed by atoms with van der Waals surface area (Å²) in [6, 6.07) is -0.110. The van der Waals surface area contributed by atoms with E-state index in [9.17, 15) is 4.79 Å². The molecule has 0 spiro atoms. The van der Waals surface area contributed by atoms with Crippen LogP contribution in [0.15, 0.2) is 11.6 Å². The largest absolute Gasteiger partial charge is 0.382 e. The summed E-state index contributed by atoms with van der Waals surface area (Å²) in [6.45, 7) is 4.07. The van der Waals surface area contributed by atoms with E-state index in [0.717, 1.165) is 43.7 Å². The number of aryl methyl sites for hydroxylation is 1. The number of carbonyl (C=O) groups excluding carboxylic acids is 1. The van der Waals surface area contributed by atoms with Gasteiger partial charge in [-0.25, -0.2) is 4.68 Å². The van der Waals surface area contributed by atoms with Crippen LogP contribution in [-0.2, 0) is 22.5 Å². The second kappa shape index (κ2) is 7.25. The van der Waals surface area contributed by atoms with Gasteiger partial charge in [0.05, 0.1) is 12.3 Å². The van der Waals surface area contributed by atoms with Gasteiger partial charge in [-0.05, 0) is 32.6 Å². The van der Waals surface area contributed by atoms with E-state index in [1.807, 2.05) is 9.58 Å². The van der Waals surface area contributed by atoms with Gasteiger partial charge in [-0.3, -0.25) is 4.79 Å². The van der Waals surface area contributed by atoms with E-state index in [0.29, 0.717) is 13.0 Å². The van der Waals surface area contributed by atoms with E-state index in [1.165, 1.54) is 18.4 Å². The molecule has 6 heteroatoms. The molecule has 1 atom stereocenters. The van der Waals surface area contributed by atoms with E-state index in [4.69, 9.17) is 4.74 Å². The standard InChI is InChI=1S/C17H26N4O2/c1-3-21-14-9-10-20(15(12-23-2)17(14)18-19-21)16(22)11-13-7-5-4-6-8-13/h7,15H,3-6,8-12H2,1-2H3. The number of hydrogen-bond donors (Lipinski definition) is 0. The molecule has 1 aromatic rings. The van der Waals surface area contributed by atoms with Crippen molar-refractivity contribution >= 4 is 5.91 Å². The summed E-state index contributed by atoms with van der Waals surface area (Å²) < 4.78 is 7.30. The SMILES string of the molecule is CCn1nnc2c1CCN(C(=O)CC1=CCCCC1)C2COC. The van der Waals surface area contributed by atoms with Crippen LogP contribution >= 0.6 is 0 Å². The Morgan fingerprint density at radius 3 is 2.96 bits per heavy atom. The quantitative estimate of drug-likeness (QED) is 0.781. The number of hydrogen-bond acceptors (Lipinski definition) is 4. The Morgan fingerprint density at radius 1 is 1.39 bits per heavy atom. The molecule has 126 valence electrons. The van der Waals surface area contributed by atoms with Crippen molar-refractivity contribution in [1.82, 2.24) is 19.9 Å². The summed E-state index contributed by atoms with van der Waals surface area (Å²) >= 11 is 0. The van der Waals surface area contributed by atoms with Crippen LogP contribution in [0.5, 0.6) is 0 Å². The first-order valence-electron chi connectivity index (χ1n) is 8.63. The second-order valence-electron chi connectivity index (χ2n) is 6.33. The minimum atomic E-state index is -0.110. The molecule has 23 heavy (non-hydrogen) atoms. The molecule has 0 bridgehead atoms. The number of rotatable bonds is 5. The first-order valence-corrected chi connectivity index (χ1v) is 8.63. The van der Waals surface area contributed by atoms with Crippen LogP contribution in [0, 0.1) is 0 Å². The maximum Gasteiger partial charge on any atom is 0.227 e. The van der Waals surface area contributed by atoms with Gasteiger partial charge < -0.3 is 9.64 Å². The third-order valence-corrected chi connectivity index (χ3v) is 4.86. The Morgan fingerprint density at radius 2 is 2.26 bits per heavy atom. The van der Waals surface area contributed by atoms with E-state index in [1.54, 1.807) is 7.11 Å². The zero-order valence-corrected chi connectivity index (χ0v) is 14.1. The number of fused-ring (bicyclic) bond motifs is 1. The van der Waals surface area contributed by atoms with Crippen molar-refractivity contribution in [2.75, 3.05) is 20.3 Å². The Bertz CT molecular complexity index is 593. The molecule has 2 aliphatic rings. The lowest BCUT2D eigenvalue weighted by Gasteiger charge is -2.35. The minimum Gasteiger partial charge on any atom is -0.382 e. The highest BCUT2D eigenvalue weighted by atomic mass is 16.5. The number of nitrogens with zero attached hydrogens (tertiary/aromatic N) is 4. The van der Waals surface area contributed by atoms with Gasteiger partial charge in [-0.2, -0.15) is 0 Å². The summed E-state index contributed by atoms with van der Waals surface area (Å²) in [4.78, 5) is 14.8. The fraction of sp³-hybridized carbons (Fsp3) is 0.706. The van der Waals surface area contributed by atoms with Crippen molar-refractivity contribution in [2.45, 2.75) is 58.0 Å². The van der Waals surface area contributed by atoms with Crippen LogP contribution in [0.4, 0.5) is 0 Å². The molecule has 6 nitrogen and oxygen atoms in total. The number of methoxy groups -OCH3 is 1. The molecule has 1 aromatic heterocycles. The van der Waals surface area contributed by atoms with Gasteiger partial charge >= 0.3 is 0 Å². The Balaban J connectivity index is 1.78. The Hall–Kier alpha value is -1.69. The number of carbonyl (C=O) groups is 1. The summed E-state index contributed by atoms with van der Waals surface area (Å²) in [5.74, 6) is 0.192. The molecule has 1 amide bonds. The smallest absolute Gasteiger partial charge is 0.227 e. The monoisotopic (exact) mass is 318 g/mol. The van der Waals surface area contributed by atoms with Crippen molar-refractivity contribution in [3.63, 3.8) is 0 Å². The molecule has 0 radical (unpaired) electrons. The van der Waals surface area contributed by atoms with Crippen LogP contribution in [0.2, 0.25) is 0 Å². The topological polar surface area (TPSA) is 60.2 Å². The molecule has 0 aromatic carbocycles. The van der Waals surface area contributed by atoms with Crippen molar-refractivity contribution < 1.29 is 9.53 Å². The van der Waals surface area contributed by atoms with Crippen molar-refractivity contribution in [3.05, 3.63) is 23.0 Å². The van der Waals surface area contributed by atoms with Crippen molar-refractivity contribution in [2.24, 2.45) is 0 Å². The summed E-state index contributed by atoms with van der Waals surface area (Å²) in [6.07, 6.45) is 8.23. The number of ether oxygens (including phenoxy) is 1. The first-order chi connectivity index (χ1) is 11.2. The fourth-order valence-electron chi connectivity index (χ4n) is 3.63. The highest BCUT2D eigenvalue weighted by molar-refractivity contribution is 5.79. The average molecular weight is 318 g/mol. The lowest BCUT2D eigenvalue weighted by Crippen LogP contribution is -2.42. The zero-order valence-electron chi connectivity index (χ0n) is 14.1. The lowest BCUT2D eigenvalue weighted by atomic mass is 9.95. The number of amides is 1. The number of aromatic nitrogens is 3. The first kappa shape index (κ1) is 16.2. The number of allylic oxidation sites excluding steroid dienone is 1. The normalized spacial score (nSPS) is 21.0. The van der Waals surface area contributed by atoms with E-state index in [-0.39, 0.29) is 11.9 Å². The van der Waals surface area contributed by atoms with Gasteiger partial charge in [0.15, 0.2) is 0 Å². The van der Waals surface area contributed by atoms with Crippen molar-refractivity contribution in [3.8, 4) is 0 Å². The van der Waals surface area contributed by atoms with Gasteiger partial charge in [0, 0.05) is 33.0 Å². The van der Waals surface area contributed by atoms with Gasteiger partial charge in [-0.15, -0.1) is 5.10 Å². The molecule has 1 unspecified atom stereocenters. The highest BCUT2D eigenvalue weighted by Crippen LogP contribution is 2.30. The third-order valence-electron chi connectivity index (χ3n) is 4.86. The summed E-state index contributed by atoms with van der Waals surface area (Å²) in [7, 11) is 1.67. The van der Waals surface area contributed by atoms with Gasteiger partial charge in [-0.1, -0.05) is 16.9 Å². The highest BCUT2D eigenvalue weighted by Gasteiger charge is 2.34. The predicted octanol–water partition coefficient (Wildman–Crippen LogP) is 2.26. The molecule has 1 aliphatic carbocycles. The molecule has 2 heterocycles. The van der Waals surface area contributed by atoms with Crippen LogP contribution in [-0.4, -0.2) is 46.1 Å². The average Bonchev–Trinajstić information content (AvgIpc) is 2.99. The van der Waals surface area contributed by atoms with Gasteiger partial charge in [0.1, 0.15) is 11.7 Å². The maximum atomic E-state index is 12.8. The molecular weight excluding hydrogens is 292 g/mol. The predicted molar refractivity (Wildman–Crippen MR) is 86.9 cm³/mol. The van der Waals surface area contributed by atoms with E-state index < -0.39 is 0 Å². The van der Waals surface area contributed by atoms with E-state index in [2.05, 4.69) is 23.3 Å². The van der Waals surface area contributed by atoms with Crippen LogP contribution in [0.1, 0.15) is 56.5 Å². The molecular formula is C17H26N4O2. The molecule has 0 N–H and O–H groups in total. The zero-order chi connectivity index (χ0) is 16.2. The summed E-state index contributed by atoms with van der Waals surface area (Å²) in [5, 5.41) is 8.55.